The number of nitrogens with zero attached hydrogens (tertiary/aromatic N) is 5. The third-order valence-electron chi connectivity index (χ3n) is 11.6. The molecule has 3 aliphatic rings. The first kappa shape index (κ1) is 42.8. The lowest BCUT2D eigenvalue weighted by Gasteiger charge is -2.18. The molecule has 0 amide bonds. The third kappa shape index (κ3) is 11.9. The average Bonchev–Trinajstić information content (AvgIpc) is 4.04. The van der Waals surface area contributed by atoms with Gasteiger partial charge in [0.1, 0.15) is 11.5 Å². The summed E-state index contributed by atoms with van der Waals surface area (Å²) in [5.74, 6) is 3.17. The molecule has 6 heterocycles. The summed E-state index contributed by atoms with van der Waals surface area (Å²) < 4.78 is 5.88. The van der Waals surface area contributed by atoms with Gasteiger partial charge in [-0.2, -0.15) is 0 Å². The van der Waals surface area contributed by atoms with Gasteiger partial charge >= 0.3 is 5.97 Å². The molecule has 0 saturated carbocycles. The van der Waals surface area contributed by atoms with E-state index in [4.69, 9.17) is 4.74 Å². The highest BCUT2D eigenvalue weighted by Crippen LogP contribution is 2.30. The van der Waals surface area contributed by atoms with Crippen LogP contribution in [0.2, 0.25) is 0 Å². The minimum Gasteiger partial charge on any atom is -0.508 e. The Morgan fingerprint density at radius 2 is 1.28 bits per heavy atom. The number of nitrogens with one attached hydrogen (secondary N) is 1. The maximum absolute atomic E-state index is 10.8. The van der Waals surface area contributed by atoms with Gasteiger partial charge < -0.3 is 25.0 Å². The quantitative estimate of drug-likeness (QED) is 0.125. The number of halogens is 1. The highest BCUT2D eigenvalue weighted by molar-refractivity contribution is 9.10. The molecule has 3 saturated heterocycles. The third-order valence-corrected chi connectivity index (χ3v) is 12.0. The number of phenolic OH excluding ortho intramolecular Hbond substituents is 1. The summed E-state index contributed by atoms with van der Waals surface area (Å²) in [5.41, 5.74) is 6.65. The molecule has 3 atom stereocenters. The highest BCUT2D eigenvalue weighted by atomic mass is 79.9. The van der Waals surface area contributed by atoms with Gasteiger partial charge in [-0.25, -0.2) is 0 Å². The van der Waals surface area contributed by atoms with Crippen molar-refractivity contribution in [1.82, 2.24) is 20.3 Å². The van der Waals surface area contributed by atoms with Gasteiger partial charge in [0.25, 0.3) is 0 Å². The molecule has 2 N–H and O–H groups in total. The highest BCUT2D eigenvalue weighted by Gasteiger charge is 2.22. The average molecular weight is 848 g/mol. The van der Waals surface area contributed by atoms with Crippen LogP contribution in [-0.4, -0.2) is 65.3 Å². The number of aromatic hydroxyl groups is 1. The van der Waals surface area contributed by atoms with E-state index in [9.17, 15) is 9.90 Å². The van der Waals surface area contributed by atoms with Gasteiger partial charge in [-0.05, 0) is 140 Å². The number of ether oxygens (including phenoxy) is 1. The molecule has 3 unspecified atom stereocenters. The first-order valence-electron chi connectivity index (χ1n) is 21.0. The predicted molar refractivity (Wildman–Crippen MR) is 243 cm³/mol. The molecule has 0 aliphatic carbocycles. The van der Waals surface area contributed by atoms with Crippen molar-refractivity contribution < 1.29 is 14.6 Å². The van der Waals surface area contributed by atoms with Gasteiger partial charge in [0, 0.05) is 59.9 Å². The van der Waals surface area contributed by atoms with Gasteiger partial charge in [0.2, 0.25) is 0 Å². The number of benzene rings is 3. The smallest absolute Gasteiger partial charge is 0.308 e. The number of carbonyl (C=O) groups is 1. The van der Waals surface area contributed by atoms with E-state index in [1.165, 1.54) is 94.0 Å². The second-order valence-corrected chi connectivity index (χ2v) is 16.8. The number of aryl methyl sites for hydroxylation is 1. The molecule has 0 radical (unpaired) electrons. The van der Waals surface area contributed by atoms with E-state index >= 15 is 0 Å². The number of anilines is 2. The topological polar surface area (TPSA) is 104 Å². The zero-order valence-corrected chi connectivity index (χ0v) is 36.3. The monoisotopic (exact) mass is 846 g/mol. The maximum Gasteiger partial charge on any atom is 0.308 e. The Balaban J connectivity index is 0.000000136. The van der Waals surface area contributed by atoms with Crippen LogP contribution in [0.5, 0.6) is 11.5 Å². The van der Waals surface area contributed by atoms with E-state index in [2.05, 4.69) is 104 Å². The predicted octanol–water partition coefficient (Wildman–Crippen LogP) is 10.9. The molecule has 10 heteroatoms. The van der Waals surface area contributed by atoms with Crippen LogP contribution < -0.4 is 19.9 Å². The number of fused-ring (bicyclic) bond motifs is 3. The number of pyridine rings is 3. The Labute approximate surface area is 352 Å². The molecule has 3 aromatic carbocycles. The fourth-order valence-corrected chi connectivity index (χ4v) is 8.22. The lowest BCUT2D eigenvalue weighted by atomic mass is 10.1. The number of hydrogen-bond donors (Lipinski definition) is 2. The molecule has 3 aromatic heterocycles. The zero-order valence-electron chi connectivity index (χ0n) is 34.8. The molecule has 3 fully saturated rings. The van der Waals surface area contributed by atoms with Gasteiger partial charge in [-0.1, -0.05) is 51.7 Å². The van der Waals surface area contributed by atoms with E-state index in [-0.39, 0.29) is 5.97 Å². The fourth-order valence-electron chi connectivity index (χ4n) is 7.87. The SMILES string of the molecule is CC(=O)Oc1ccc2ncc(Br)cc2c1.CCC1CCN(c2cnc3ccc(C)cc3c2)C1.CCC1CCN(c2cnc3ccc(O)cc3c2)C1.CCC1CCNC1. The van der Waals surface area contributed by atoms with Crippen molar-refractivity contribution in [2.24, 2.45) is 17.8 Å². The summed E-state index contributed by atoms with van der Waals surface area (Å²) in [4.78, 5) is 28.9. The Hall–Kier alpha value is -4.80. The largest absolute Gasteiger partial charge is 0.508 e. The lowest BCUT2D eigenvalue weighted by molar-refractivity contribution is -0.131. The summed E-state index contributed by atoms with van der Waals surface area (Å²) in [6.45, 7) is 17.4. The van der Waals surface area contributed by atoms with E-state index in [1.54, 1.807) is 30.5 Å². The van der Waals surface area contributed by atoms with Crippen LogP contribution in [0.15, 0.2) is 95.9 Å². The van der Waals surface area contributed by atoms with Crippen LogP contribution in [0.3, 0.4) is 0 Å². The van der Waals surface area contributed by atoms with Crippen molar-refractivity contribution in [3.8, 4) is 11.5 Å². The molecule has 306 valence electrons. The fraction of sp³-hybridized carbons (Fsp3) is 0.417. The molecule has 0 bridgehead atoms. The Morgan fingerprint density at radius 3 is 1.81 bits per heavy atom. The molecular formula is C48H59BrN6O3. The Morgan fingerprint density at radius 1 is 0.724 bits per heavy atom. The normalized spacial score (nSPS) is 18.6. The second kappa shape index (κ2) is 20.8. The van der Waals surface area contributed by atoms with Crippen molar-refractivity contribution in [3.63, 3.8) is 0 Å². The number of aromatic nitrogens is 3. The summed E-state index contributed by atoms with van der Waals surface area (Å²) in [6, 6.07) is 23.4. The molecular weight excluding hydrogens is 788 g/mol. The number of phenols is 1. The van der Waals surface area contributed by atoms with Crippen molar-refractivity contribution >= 4 is 66.0 Å². The minimum atomic E-state index is -0.322. The molecule has 9 nitrogen and oxygen atoms in total. The van der Waals surface area contributed by atoms with Crippen molar-refractivity contribution in [1.29, 1.82) is 0 Å². The van der Waals surface area contributed by atoms with E-state index in [0.717, 1.165) is 62.6 Å². The number of carbonyl (C=O) groups excluding carboxylic acids is 1. The number of esters is 1. The molecule has 6 aromatic rings. The van der Waals surface area contributed by atoms with Gasteiger partial charge in [-0.3, -0.25) is 19.7 Å². The number of hydrogen-bond acceptors (Lipinski definition) is 9. The van der Waals surface area contributed by atoms with Gasteiger partial charge in [-0.15, -0.1) is 0 Å². The molecule has 9 rings (SSSR count). The summed E-state index contributed by atoms with van der Waals surface area (Å²) in [6.07, 6.45) is 13.6. The molecule has 58 heavy (non-hydrogen) atoms. The van der Waals surface area contributed by atoms with Crippen molar-refractivity contribution in [2.75, 3.05) is 49.1 Å². The van der Waals surface area contributed by atoms with Crippen molar-refractivity contribution in [3.05, 3.63) is 101 Å². The molecule has 3 aliphatic heterocycles. The van der Waals surface area contributed by atoms with Crippen molar-refractivity contribution in [2.45, 2.75) is 73.1 Å². The summed E-state index contributed by atoms with van der Waals surface area (Å²) >= 11 is 3.34. The van der Waals surface area contributed by atoms with E-state index < -0.39 is 0 Å². The summed E-state index contributed by atoms with van der Waals surface area (Å²) in [5, 5.41) is 16.0. The minimum absolute atomic E-state index is 0.300. The first-order valence-corrected chi connectivity index (χ1v) is 21.8. The van der Waals surface area contributed by atoms with Crippen LogP contribution in [0.25, 0.3) is 32.7 Å². The number of rotatable bonds is 6. The van der Waals surface area contributed by atoms with Crippen LogP contribution >= 0.6 is 15.9 Å². The van der Waals surface area contributed by atoms with Gasteiger partial charge in [0.15, 0.2) is 0 Å². The van der Waals surface area contributed by atoms with E-state index in [1.807, 2.05) is 30.6 Å². The Bertz CT molecular complexity index is 2180. The van der Waals surface area contributed by atoms with Gasteiger partial charge in [0.05, 0.1) is 40.3 Å². The van der Waals surface area contributed by atoms with Crippen LogP contribution in [0, 0.1) is 24.7 Å². The Kier molecular flexibility index (Phi) is 15.3. The van der Waals surface area contributed by atoms with Crippen LogP contribution in [0.4, 0.5) is 11.4 Å². The second-order valence-electron chi connectivity index (χ2n) is 15.8. The summed E-state index contributed by atoms with van der Waals surface area (Å²) in [7, 11) is 0. The standard InChI is InChI=1S/C16H20N2.C15H18N2O.C11H8BrNO2.C6H13N/c1-3-13-6-7-18(11-13)15-9-14-8-12(2)4-5-16(14)17-10-15;1-2-11-5-6-17(10-11)13-7-12-8-14(18)3-4-15(12)16-9-13;1-7(14)15-10-2-3-11-8(5-10)4-9(12)6-13-11;1-2-6-3-4-7-5-6/h4-5,8-10,13H,3,6-7,11H2,1-2H3;3-4,7-9,11,18H,2,5-6,10H2,1H3;2-6H,1H3;6-7H,2-5H2,1H3. The molecule has 0 spiro atoms. The zero-order chi connectivity index (χ0) is 41.0. The lowest BCUT2D eigenvalue weighted by Crippen LogP contribution is -2.19. The van der Waals surface area contributed by atoms with E-state index in [0.29, 0.717) is 11.5 Å². The van der Waals surface area contributed by atoms with Crippen LogP contribution in [-0.2, 0) is 4.79 Å². The maximum atomic E-state index is 10.8. The van der Waals surface area contributed by atoms with Crippen LogP contribution in [0.1, 0.15) is 71.8 Å². The first-order chi connectivity index (χ1) is 28.1.